The highest BCUT2D eigenvalue weighted by Gasteiger charge is 2.28. The van der Waals surface area contributed by atoms with Crippen molar-refractivity contribution < 1.29 is 17.9 Å². The van der Waals surface area contributed by atoms with E-state index >= 15 is 0 Å². The highest BCUT2D eigenvalue weighted by atomic mass is 35.5. The van der Waals surface area contributed by atoms with Crippen molar-refractivity contribution in [3.05, 3.63) is 0 Å². The molecule has 0 fully saturated rings. The molecule has 1 N–H and O–H groups in total. The fourth-order valence-corrected chi connectivity index (χ4v) is 1.07. The van der Waals surface area contributed by atoms with Crippen molar-refractivity contribution in [2.24, 2.45) is 0 Å². The summed E-state index contributed by atoms with van der Waals surface area (Å²) in [4.78, 5) is 0. The van der Waals surface area contributed by atoms with Crippen LogP contribution < -0.4 is 5.32 Å². The molecule has 0 aliphatic carbocycles. The van der Waals surface area contributed by atoms with Gasteiger partial charge in [-0.05, 0) is 13.3 Å². The van der Waals surface area contributed by atoms with Crippen LogP contribution in [0, 0.1) is 0 Å². The molecule has 0 rings (SSSR count). The summed E-state index contributed by atoms with van der Waals surface area (Å²) >= 11 is 5.43. The Bertz CT molecular complexity index is 131. The van der Waals surface area contributed by atoms with Crippen molar-refractivity contribution in [3.8, 4) is 0 Å². The molecule has 0 radical (unpaired) electrons. The van der Waals surface area contributed by atoms with Gasteiger partial charge in [-0.2, -0.15) is 0 Å². The Kier molecular flexibility index (Phi) is 6.45. The van der Waals surface area contributed by atoms with Crippen LogP contribution in [0.1, 0.15) is 13.3 Å². The molecule has 0 aliphatic heterocycles. The van der Waals surface area contributed by atoms with Gasteiger partial charge < -0.3 is 5.32 Å². The highest BCUT2D eigenvalue weighted by Crippen LogP contribution is 2.15. The minimum absolute atomic E-state index is 0.120. The number of hydrogen-bond acceptors (Lipinski definition) is 2. The number of hydrogen-bond donors (Lipinski definition) is 1. The van der Waals surface area contributed by atoms with Gasteiger partial charge >= 0.3 is 6.36 Å². The van der Waals surface area contributed by atoms with Crippen LogP contribution in [0.15, 0.2) is 0 Å². The van der Waals surface area contributed by atoms with Crippen LogP contribution in [0.5, 0.6) is 0 Å². The van der Waals surface area contributed by atoms with Gasteiger partial charge in [-0.1, -0.05) is 0 Å². The van der Waals surface area contributed by atoms with Gasteiger partial charge in [0.2, 0.25) is 0 Å². The zero-order valence-electron chi connectivity index (χ0n) is 7.33. The predicted octanol–water partition coefficient (Wildman–Crippen LogP) is 2.13. The third-order valence-corrected chi connectivity index (χ3v) is 1.62. The quantitative estimate of drug-likeness (QED) is 0.546. The minimum Gasteiger partial charge on any atom is -0.312 e. The summed E-state index contributed by atoms with van der Waals surface area (Å²) in [6, 6.07) is 0.120. The molecule has 2 nitrogen and oxygen atoms in total. The molecule has 0 spiro atoms. The number of nitrogens with one attached hydrogen (secondary N) is 1. The van der Waals surface area contributed by atoms with Crippen LogP contribution in [0.4, 0.5) is 13.2 Å². The first-order valence-corrected chi connectivity index (χ1v) is 4.49. The predicted molar refractivity (Wildman–Crippen MR) is 44.8 cm³/mol. The molecular formula is C7H13ClF3NO. The van der Waals surface area contributed by atoms with Gasteiger partial charge in [0, 0.05) is 18.5 Å². The minimum atomic E-state index is -4.53. The molecule has 0 aromatic carbocycles. The summed E-state index contributed by atoms with van der Waals surface area (Å²) in [6.07, 6.45) is -3.80. The van der Waals surface area contributed by atoms with Crippen LogP contribution in [-0.2, 0) is 4.74 Å². The van der Waals surface area contributed by atoms with Gasteiger partial charge in [0.15, 0.2) is 0 Å². The maximum atomic E-state index is 11.5. The third kappa shape index (κ3) is 9.92. The van der Waals surface area contributed by atoms with Crippen molar-refractivity contribution in [2.75, 3.05) is 19.0 Å². The lowest BCUT2D eigenvalue weighted by atomic mass is 10.2. The van der Waals surface area contributed by atoms with Crippen LogP contribution >= 0.6 is 11.6 Å². The zero-order chi connectivity index (χ0) is 10.3. The molecular weight excluding hydrogens is 207 g/mol. The first-order chi connectivity index (χ1) is 5.95. The van der Waals surface area contributed by atoms with Gasteiger partial charge in [-0.15, -0.1) is 24.8 Å². The summed E-state index contributed by atoms with van der Waals surface area (Å²) in [5.41, 5.74) is 0. The summed E-state index contributed by atoms with van der Waals surface area (Å²) in [5.74, 6) is 0.494. The molecule has 0 saturated heterocycles. The second-order valence-electron chi connectivity index (χ2n) is 2.63. The smallest absolute Gasteiger partial charge is 0.312 e. The monoisotopic (exact) mass is 219 g/mol. The van der Waals surface area contributed by atoms with Crippen molar-refractivity contribution >= 4 is 11.6 Å². The van der Waals surface area contributed by atoms with Gasteiger partial charge in [0.25, 0.3) is 0 Å². The lowest BCUT2D eigenvalue weighted by Gasteiger charge is -2.12. The maximum Gasteiger partial charge on any atom is 0.522 e. The van der Waals surface area contributed by atoms with Crippen molar-refractivity contribution in [2.45, 2.75) is 25.7 Å². The van der Waals surface area contributed by atoms with E-state index < -0.39 is 6.36 Å². The summed E-state index contributed by atoms with van der Waals surface area (Å²) in [6.45, 7) is 1.67. The van der Waals surface area contributed by atoms with Gasteiger partial charge in [0.05, 0.1) is 6.61 Å². The first kappa shape index (κ1) is 13.0. The highest BCUT2D eigenvalue weighted by molar-refractivity contribution is 6.17. The number of ether oxygens (including phenoxy) is 1. The Morgan fingerprint density at radius 2 is 2.08 bits per heavy atom. The summed E-state index contributed by atoms with van der Waals surface area (Å²) in [7, 11) is 0. The number of rotatable bonds is 6. The molecule has 0 aromatic heterocycles. The molecule has 80 valence electrons. The Balaban J connectivity index is 3.25. The SMILES string of the molecule is CC(CCCl)NCCOC(F)(F)F. The lowest BCUT2D eigenvalue weighted by molar-refractivity contribution is -0.323. The molecule has 1 atom stereocenters. The van der Waals surface area contributed by atoms with Gasteiger partial charge in [-0.3, -0.25) is 4.74 Å². The van der Waals surface area contributed by atoms with Gasteiger partial charge in [-0.25, -0.2) is 0 Å². The maximum absolute atomic E-state index is 11.5. The van der Waals surface area contributed by atoms with E-state index in [0.717, 1.165) is 6.42 Å². The average Bonchev–Trinajstić information content (AvgIpc) is 1.97. The van der Waals surface area contributed by atoms with E-state index in [4.69, 9.17) is 11.6 Å². The molecule has 0 heterocycles. The summed E-state index contributed by atoms with van der Waals surface area (Å²) in [5, 5.41) is 2.85. The molecule has 0 aromatic rings. The van der Waals surface area contributed by atoms with Crippen LogP contribution in [0.3, 0.4) is 0 Å². The van der Waals surface area contributed by atoms with Crippen molar-refractivity contribution in [3.63, 3.8) is 0 Å². The molecule has 0 bridgehead atoms. The Hall–Kier alpha value is -0.0000000000000000555. The molecule has 13 heavy (non-hydrogen) atoms. The topological polar surface area (TPSA) is 21.3 Å². The van der Waals surface area contributed by atoms with E-state index in [1.807, 2.05) is 6.92 Å². The van der Waals surface area contributed by atoms with E-state index in [1.165, 1.54) is 0 Å². The second kappa shape index (κ2) is 6.45. The van der Waals surface area contributed by atoms with E-state index in [0.29, 0.717) is 5.88 Å². The van der Waals surface area contributed by atoms with Crippen molar-refractivity contribution in [1.82, 2.24) is 5.32 Å². The van der Waals surface area contributed by atoms with Crippen LogP contribution in [-0.4, -0.2) is 31.4 Å². The fourth-order valence-electron chi connectivity index (χ4n) is 0.738. The normalized spacial score (nSPS) is 14.5. The Morgan fingerprint density at radius 1 is 1.46 bits per heavy atom. The van der Waals surface area contributed by atoms with E-state index in [1.54, 1.807) is 0 Å². The molecule has 1 unspecified atom stereocenters. The molecule has 0 aliphatic rings. The number of alkyl halides is 4. The lowest BCUT2D eigenvalue weighted by Crippen LogP contribution is -2.31. The number of halogens is 4. The zero-order valence-corrected chi connectivity index (χ0v) is 8.08. The molecule has 0 amide bonds. The van der Waals surface area contributed by atoms with E-state index in [9.17, 15) is 13.2 Å². The molecule has 6 heteroatoms. The average molecular weight is 220 g/mol. The largest absolute Gasteiger partial charge is 0.522 e. The van der Waals surface area contributed by atoms with Crippen LogP contribution in [0.25, 0.3) is 0 Å². The summed E-state index contributed by atoms with van der Waals surface area (Å²) < 4.78 is 37.9. The van der Waals surface area contributed by atoms with E-state index in [-0.39, 0.29) is 19.2 Å². The second-order valence-corrected chi connectivity index (χ2v) is 3.00. The fraction of sp³-hybridized carbons (Fsp3) is 1.00. The van der Waals surface area contributed by atoms with Crippen molar-refractivity contribution in [1.29, 1.82) is 0 Å². The Labute approximate surface area is 80.4 Å². The van der Waals surface area contributed by atoms with Gasteiger partial charge in [0.1, 0.15) is 0 Å². The Morgan fingerprint density at radius 3 is 2.54 bits per heavy atom. The third-order valence-electron chi connectivity index (χ3n) is 1.40. The molecule has 0 saturated carbocycles. The van der Waals surface area contributed by atoms with Crippen LogP contribution in [0.2, 0.25) is 0 Å². The van der Waals surface area contributed by atoms with E-state index in [2.05, 4.69) is 10.1 Å². The standard InChI is InChI=1S/C7H13ClF3NO/c1-6(2-3-8)12-4-5-13-7(9,10)11/h6,12H,2-5H2,1H3. The first-order valence-electron chi connectivity index (χ1n) is 3.95.